The van der Waals surface area contributed by atoms with Crippen LogP contribution in [0.25, 0.3) is 11.1 Å². The molecule has 18 heavy (non-hydrogen) atoms. The van der Waals surface area contributed by atoms with E-state index in [-0.39, 0.29) is 24.8 Å². The van der Waals surface area contributed by atoms with Crippen molar-refractivity contribution < 1.29 is 47.7 Å². The molecule has 0 aromatic heterocycles. The minimum absolute atomic E-state index is 0. The molecule has 0 unspecified atom stereocenters. The van der Waals surface area contributed by atoms with Crippen LogP contribution in [0.4, 0.5) is 0 Å². The molecule has 0 spiro atoms. The zero-order valence-electron chi connectivity index (χ0n) is 9.74. The van der Waals surface area contributed by atoms with Gasteiger partial charge in [0.05, 0.1) is 0 Å². The molecule has 0 aromatic carbocycles. The van der Waals surface area contributed by atoms with Gasteiger partial charge >= 0.3 is 108 Å². The van der Waals surface area contributed by atoms with E-state index in [0.717, 1.165) is 0 Å². The van der Waals surface area contributed by atoms with E-state index in [2.05, 4.69) is 60.7 Å². The van der Waals surface area contributed by atoms with E-state index in [0.29, 0.717) is 0 Å². The van der Waals surface area contributed by atoms with E-state index in [1.807, 2.05) is 0 Å². The average molecular weight is 442 g/mol. The zero-order chi connectivity index (χ0) is 10.8. The first-order valence-electron chi connectivity index (χ1n) is 5.54. The molecule has 0 amide bonds. The van der Waals surface area contributed by atoms with Gasteiger partial charge in [-0.05, 0) is 0 Å². The fraction of sp³-hybridized carbons (Fsp3) is 0.0667. The van der Waals surface area contributed by atoms with Gasteiger partial charge in [0, 0.05) is 0 Å². The van der Waals surface area contributed by atoms with Gasteiger partial charge in [0.25, 0.3) is 0 Å². The smallest absolute Gasteiger partial charge is 1.00 e. The van der Waals surface area contributed by atoms with E-state index >= 15 is 0 Å². The Balaban J connectivity index is 0.000000810. The van der Waals surface area contributed by atoms with Gasteiger partial charge in [-0.1, -0.05) is 0 Å². The van der Waals surface area contributed by atoms with Crippen molar-refractivity contribution in [3.05, 3.63) is 64.0 Å². The first kappa shape index (κ1) is 15.7. The summed E-state index contributed by atoms with van der Waals surface area (Å²) in [4.78, 5) is 0. The van der Waals surface area contributed by atoms with Crippen molar-refractivity contribution in [2.24, 2.45) is 0 Å². The minimum atomic E-state index is -0.777. The van der Waals surface area contributed by atoms with Gasteiger partial charge in [0.1, 0.15) is 0 Å². The van der Waals surface area contributed by atoms with Crippen LogP contribution in [0.1, 0.15) is 6.42 Å². The Hall–Kier alpha value is -0.370. The van der Waals surface area contributed by atoms with Crippen molar-refractivity contribution in [1.82, 2.24) is 0 Å². The Morgan fingerprint density at radius 3 is 2.50 bits per heavy atom. The van der Waals surface area contributed by atoms with Crippen LogP contribution in [0.2, 0.25) is 0 Å². The molecule has 0 saturated heterocycles. The second kappa shape index (κ2) is 7.28. The van der Waals surface area contributed by atoms with E-state index in [1.165, 1.54) is 17.5 Å². The van der Waals surface area contributed by atoms with E-state index in [1.54, 1.807) is 6.65 Å². The first-order chi connectivity index (χ1) is 7.93. The van der Waals surface area contributed by atoms with Crippen molar-refractivity contribution in [2.45, 2.75) is 6.42 Å². The van der Waals surface area contributed by atoms with Gasteiger partial charge in [0.15, 0.2) is 0 Å². The molecule has 3 heteroatoms. The molecule has 0 heterocycles. The number of fused-ring (bicyclic) bond motifs is 1. The van der Waals surface area contributed by atoms with Crippen LogP contribution in [-0.4, -0.2) is 0 Å². The monoisotopic (exact) mass is 442 g/mol. The number of allylic oxidation sites excluding steroid dienone is 4. The number of rotatable bonds is 2. The molecule has 0 aromatic rings. The molecule has 0 nitrogen and oxygen atoms in total. The van der Waals surface area contributed by atoms with Crippen LogP contribution in [0.3, 0.4) is 0 Å². The third-order valence-corrected chi connectivity index (χ3v) is 7.88. The molecule has 3 rings (SSSR count). The summed E-state index contributed by atoms with van der Waals surface area (Å²) in [7, 11) is 0. The summed E-state index contributed by atoms with van der Waals surface area (Å²) in [5, 5.41) is 0. The molecule has 0 saturated carbocycles. The predicted octanol–water partition coefficient (Wildman–Crippen LogP) is -2.65. The van der Waals surface area contributed by atoms with Gasteiger partial charge in [-0.3, -0.25) is 0 Å². The summed E-state index contributed by atoms with van der Waals surface area (Å²) in [5.74, 6) is 0. The zero-order valence-corrected chi connectivity index (χ0v) is 14.8. The number of hydrogen-bond acceptors (Lipinski definition) is 0. The molecule has 0 atom stereocenters. The molecule has 0 radical (unpaired) electrons. The van der Waals surface area contributed by atoms with Crippen LogP contribution < -0.4 is 28.1 Å². The molecule has 3 aliphatic rings. The fourth-order valence-corrected chi connectivity index (χ4v) is 6.62. The van der Waals surface area contributed by atoms with Gasteiger partial charge in [-0.25, -0.2) is 0 Å². The van der Waals surface area contributed by atoms with Crippen LogP contribution in [0.5, 0.6) is 0 Å². The second-order valence-electron chi connectivity index (χ2n) is 3.98. The summed E-state index contributed by atoms with van der Waals surface area (Å²) < 4.78 is 3.35. The summed E-state index contributed by atoms with van der Waals surface area (Å²) in [6, 6.07) is 15.5. The molecular weight excluding hydrogens is 430 g/mol. The van der Waals surface area contributed by atoms with Crippen molar-refractivity contribution in [2.75, 3.05) is 0 Å². The van der Waals surface area contributed by atoms with Crippen LogP contribution >= 0.6 is 0 Å². The first-order valence-corrected chi connectivity index (χ1v) is 9.13. The topological polar surface area (TPSA) is 0 Å². The largest absolute Gasteiger partial charge is 1.00 e. The van der Waals surface area contributed by atoms with Gasteiger partial charge in [0.2, 0.25) is 0 Å². The molecule has 90 valence electrons. The van der Waals surface area contributed by atoms with Crippen molar-refractivity contribution in [3.8, 4) is 11.1 Å². The SMILES string of the molecule is C1=CC[C]([Hf+2][c]2ccc3cccccc2-3)=C1.[Cl-].[Cl-]. The standard InChI is InChI=1S/C10H7.C5H5.2ClH.Hf/c1-2-5-9-7-4-8-10(9)6-3-1;1-2-4-5-3-1;;;/h1-7H;1-3H,4H2;2*1H;/q;;;;+2/p-2. The minimum Gasteiger partial charge on any atom is -1.00 e. The quantitative estimate of drug-likeness (QED) is 0.447. The molecule has 0 bridgehead atoms. The molecule has 0 aliphatic heterocycles. The van der Waals surface area contributed by atoms with Crippen LogP contribution in [-0.2, 0) is 22.9 Å². The van der Waals surface area contributed by atoms with Gasteiger partial charge in [-0.15, -0.1) is 0 Å². The van der Waals surface area contributed by atoms with Crippen molar-refractivity contribution >= 4 is 3.32 Å². The normalized spacial score (nSPS) is 12.3. The third-order valence-electron chi connectivity index (χ3n) is 2.86. The summed E-state index contributed by atoms with van der Waals surface area (Å²) in [6.45, 7) is 0. The Kier molecular flexibility index (Phi) is 6.34. The predicted molar refractivity (Wildman–Crippen MR) is 64.5 cm³/mol. The van der Waals surface area contributed by atoms with Gasteiger partial charge in [-0.2, -0.15) is 0 Å². The second-order valence-corrected chi connectivity index (χ2v) is 9.12. The molecule has 3 aliphatic carbocycles. The fourth-order valence-electron chi connectivity index (χ4n) is 2.04. The van der Waals surface area contributed by atoms with Crippen molar-refractivity contribution in [1.29, 1.82) is 0 Å². The third kappa shape index (κ3) is 3.34. The maximum Gasteiger partial charge on any atom is -1.00 e. The molecule has 0 fully saturated rings. The Labute approximate surface area is 132 Å². The maximum atomic E-state index is 2.34. The average Bonchev–Trinajstić information content (AvgIpc) is 2.86. The Morgan fingerprint density at radius 1 is 0.889 bits per heavy atom. The molecule has 0 N–H and O–H groups in total. The summed E-state index contributed by atoms with van der Waals surface area (Å²) in [6.07, 6.45) is 8.00. The van der Waals surface area contributed by atoms with E-state index < -0.39 is 22.9 Å². The number of halogens is 2. The maximum absolute atomic E-state index is 2.34. The van der Waals surface area contributed by atoms with Crippen molar-refractivity contribution in [3.63, 3.8) is 0 Å². The van der Waals surface area contributed by atoms with Gasteiger partial charge < -0.3 is 24.8 Å². The number of hydrogen-bond donors (Lipinski definition) is 0. The van der Waals surface area contributed by atoms with E-state index in [4.69, 9.17) is 0 Å². The van der Waals surface area contributed by atoms with Crippen LogP contribution in [0.15, 0.2) is 64.0 Å². The summed E-state index contributed by atoms with van der Waals surface area (Å²) >= 11 is -0.777. The Bertz CT molecular complexity index is 546. The Morgan fingerprint density at radius 2 is 1.72 bits per heavy atom. The van der Waals surface area contributed by atoms with Crippen LogP contribution in [0, 0.1) is 0 Å². The molecular formula is C15H12Cl2Hf. The van der Waals surface area contributed by atoms with E-state index in [9.17, 15) is 0 Å². The summed E-state index contributed by atoms with van der Waals surface area (Å²) in [5.41, 5.74) is 2.86.